The number of hydrogen-bond donors (Lipinski definition) is 3. The summed E-state index contributed by atoms with van der Waals surface area (Å²) in [5.74, 6) is 0.332. The van der Waals surface area contributed by atoms with Crippen LogP contribution < -0.4 is 5.32 Å². The zero-order valence-electron chi connectivity index (χ0n) is 13.2. The quantitative estimate of drug-likeness (QED) is 0.641. The van der Waals surface area contributed by atoms with Crippen LogP contribution in [-0.4, -0.2) is 78.6 Å². The molecule has 2 aromatic rings. The predicted octanol–water partition coefficient (Wildman–Crippen LogP) is -1.04. The van der Waals surface area contributed by atoms with E-state index >= 15 is 0 Å². The van der Waals surface area contributed by atoms with Crippen LogP contribution in [0.15, 0.2) is 12.5 Å². The van der Waals surface area contributed by atoms with E-state index in [9.17, 15) is 9.90 Å². The maximum Gasteiger partial charge on any atom is 0.259 e. The van der Waals surface area contributed by atoms with Gasteiger partial charge in [-0.25, -0.2) is 0 Å². The summed E-state index contributed by atoms with van der Waals surface area (Å²) in [6.45, 7) is 2.78. The van der Waals surface area contributed by atoms with Crippen molar-refractivity contribution in [1.29, 1.82) is 0 Å². The van der Waals surface area contributed by atoms with Gasteiger partial charge in [0.2, 0.25) is 0 Å². The van der Waals surface area contributed by atoms with E-state index in [1.165, 1.54) is 17.2 Å². The van der Waals surface area contributed by atoms with Gasteiger partial charge in [-0.05, 0) is 36.2 Å². The number of hydrogen-bond acceptors (Lipinski definition) is 7. The highest BCUT2D eigenvalue weighted by Crippen LogP contribution is 2.36. The molecule has 1 spiro atoms. The molecule has 0 bridgehead atoms. The number of piperidine rings is 2. The van der Waals surface area contributed by atoms with Crippen molar-refractivity contribution in [3.63, 3.8) is 0 Å². The van der Waals surface area contributed by atoms with Crippen LogP contribution in [0.25, 0.3) is 5.82 Å². The average molecular weight is 332 g/mol. The molecule has 0 aromatic carbocycles. The zero-order chi connectivity index (χ0) is 16.6. The molecule has 2 aliphatic rings. The van der Waals surface area contributed by atoms with E-state index in [1.54, 1.807) is 4.90 Å². The summed E-state index contributed by atoms with van der Waals surface area (Å²) in [4.78, 5) is 14.8. The maximum absolute atomic E-state index is 13.0. The Labute approximate surface area is 138 Å². The molecule has 2 saturated heterocycles. The van der Waals surface area contributed by atoms with E-state index in [0.717, 1.165) is 32.4 Å². The summed E-state index contributed by atoms with van der Waals surface area (Å²) in [6.07, 6.45) is 5.06. The molecule has 4 heterocycles. The number of carbonyl (C=O) groups excluding carboxylic acids is 1. The van der Waals surface area contributed by atoms with Crippen molar-refractivity contribution in [3.8, 4) is 5.82 Å². The normalized spacial score (nSPS) is 27.5. The first-order chi connectivity index (χ1) is 11.7. The minimum absolute atomic E-state index is 0.119. The fourth-order valence-corrected chi connectivity index (χ4v) is 3.79. The zero-order valence-corrected chi connectivity index (χ0v) is 13.2. The van der Waals surface area contributed by atoms with Crippen molar-refractivity contribution < 1.29 is 9.90 Å². The van der Waals surface area contributed by atoms with Gasteiger partial charge in [0.1, 0.15) is 11.9 Å². The van der Waals surface area contributed by atoms with Crippen LogP contribution in [0.2, 0.25) is 0 Å². The summed E-state index contributed by atoms with van der Waals surface area (Å²) < 4.78 is 1.39. The molecule has 2 aliphatic heterocycles. The first-order valence-corrected chi connectivity index (χ1v) is 8.14. The summed E-state index contributed by atoms with van der Waals surface area (Å²) in [6, 6.07) is 0. The number of aromatic amines is 1. The molecule has 0 saturated carbocycles. The minimum atomic E-state index is -0.377. The van der Waals surface area contributed by atoms with Crippen LogP contribution in [0.3, 0.4) is 0 Å². The van der Waals surface area contributed by atoms with Crippen LogP contribution >= 0.6 is 0 Å². The van der Waals surface area contributed by atoms with Crippen molar-refractivity contribution in [2.75, 3.05) is 26.2 Å². The topological polar surface area (TPSA) is 125 Å². The minimum Gasteiger partial charge on any atom is -0.392 e. The summed E-state index contributed by atoms with van der Waals surface area (Å²) >= 11 is 0. The van der Waals surface area contributed by atoms with E-state index in [0.29, 0.717) is 24.5 Å². The molecule has 0 radical (unpaired) electrons. The number of aromatic nitrogens is 6. The second-order valence-corrected chi connectivity index (χ2v) is 6.56. The Morgan fingerprint density at radius 1 is 1.46 bits per heavy atom. The lowest BCUT2D eigenvalue weighted by Crippen LogP contribution is -2.58. The van der Waals surface area contributed by atoms with E-state index in [1.807, 2.05) is 0 Å². The van der Waals surface area contributed by atoms with Crippen molar-refractivity contribution in [2.24, 2.45) is 5.41 Å². The second-order valence-electron chi connectivity index (χ2n) is 6.56. The molecule has 2 fully saturated rings. The predicted molar refractivity (Wildman–Crippen MR) is 82.4 cm³/mol. The van der Waals surface area contributed by atoms with Gasteiger partial charge < -0.3 is 15.3 Å². The summed E-state index contributed by atoms with van der Waals surface area (Å²) in [7, 11) is 0. The third-order valence-corrected chi connectivity index (χ3v) is 5.10. The number of aliphatic hydroxyl groups excluding tert-OH is 1. The highest BCUT2D eigenvalue weighted by atomic mass is 16.3. The molecule has 2 atom stereocenters. The molecule has 4 rings (SSSR count). The Morgan fingerprint density at radius 3 is 3.17 bits per heavy atom. The molecule has 10 nitrogen and oxygen atoms in total. The Morgan fingerprint density at radius 2 is 2.38 bits per heavy atom. The summed E-state index contributed by atoms with van der Waals surface area (Å²) in [5, 5.41) is 31.6. The molecule has 3 N–H and O–H groups in total. The van der Waals surface area contributed by atoms with Gasteiger partial charge in [0.15, 0.2) is 5.82 Å². The van der Waals surface area contributed by atoms with Gasteiger partial charge in [-0.3, -0.25) is 9.89 Å². The van der Waals surface area contributed by atoms with Crippen LogP contribution in [0.5, 0.6) is 0 Å². The van der Waals surface area contributed by atoms with Crippen LogP contribution in [-0.2, 0) is 0 Å². The number of nitrogens with zero attached hydrogens (tertiary/aromatic N) is 6. The lowest BCUT2D eigenvalue weighted by atomic mass is 9.72. The maximum atomic E-state index is 13.0. The monoisotopic (exact) mass is 332 g/mol. The fraction of sp³-hybridized carbons (Fsp3) is 0.643. The first-order valence-electron chi connectivity index (χ1n) is 8.14. The number of amides is 1. The molecular formula is C14H20N8O2. The molecule has 1 amide bonds. The highest BCUT2D eigenvalue weighted by Gasteiger charge is 2.44. The third kappa shape index (κ3) is 2.47. The van der Waals surface area contributed by atoms with E-state index in [2.05, 4.69) is 31.0 Å². The van der Waals surface area contributed by atoms with Crippen LogP contribution in [0.4, 0.5) is 0 Å². The molecular weight excluding hydrogens is 312 g/mol. The van der Waals surface area contributed by atoms with Crippen LogP contribution in [0, 0.1) is 5.41 Å². The van der Waals surface area contributed by atoms with Gasteiger partial charge in [-0.2, -0.15) is 9.78 Å². The number of rotatable bonds is 2. The largest absolute Gasteiger partial charge is 0.392 e. The van der Waals surface area contributed by atoms with Gasteiger partial charge >= 0.3 is 0 Å². The highest BCUT2D eigenvalue weighted by molar-refractivity contribution is 5.97. The fourth-order valence-electron chi connectivity index (χ4n) is 3.79. The smallest absolute Gasteiger partial charge is 0.259 e. The second kappa shape index (κ2) is 5.95. The van der Waals surface area contributed by atoms with Gasteiger partial charge in [-0.1, -0.05) is 0 Å². The number of nitrogens with one attached hydrogen (secondary N) is 2. The van der Waals surface area contributed by atoms with Crippen molar-refractivity contribution >= 4 is 5.91 Å². The number of carbonyl (C=O) groups is 1. The van der Waals surface area contributed by atoms with Crippen LogP contribution in [0.1, 0.15) is 29.6 Å². The van der Waals surface area contributed by atoms with Gasteiger partial charge in [-0.15, -0.1) is 5.10 Å². The lowest BCUT2D eigenvalue weighted by Gasteiger charge is -2.48. The Balaban J connectivity index is 1.58. The van der Waals surface area contributed by atoms with E-state index in [-0.39, 0.29) is 17.4 Å². The van der Waals surface area contributed by atoms with E-state index in [4.69, 9.17) is 0 Å². The van der Waals surface area contributed by atoms with Gasteiger partial charge in [0.25, 0.3) is 5.91 Å². The number of H-pyrrole nitrogens is 1. The number of aliphatic hydroxyl groups is 1. The van der Waals surface area contributed by atoms with Gasteiger partial charge in [0.05, 0.1) is 12.3 Å². The Bertz CT molecular complexity index is 710. The molecule has 24 heavy (non-hydrogen) atoms. The first kappa shape index (κ1) is 15.2. The molecule has 0 aliphatic carbocycles. The number of likely N-dealkylation sites (tertiary alicyclic amines) is 1. The number of tetrazole rings is 1. The summed E-state index contributed by atoms with van der Waals surface area (Å²) in [5.41, 5.74) is 0.169. The molecule has 10 heteroatoms. The van der Waals surface area contributed by atoms with Crippen molar-refractivity contribution in [3.05, 3.63) is 18.1 Å². The van der Waals surface area contributed by atoms with E-state index < -0.39 is 0 Å². The Kier molecular flexibility index (Phi) is 3.77. The lowest BCUT2D eigenvalue weighted by molar-refractivity contribution is -0.0433. The van der Waals surface area contributed by atoms with Crippen molar-refractivity contribution in [1.82, 2.24) is 40.6 Å². The molecule has 128 valence electrons. The Hall–Kier alpha value is -2.33. The van der Waals surface area contributed by atoms with Crippen molar-refractivity contribution in [2.45, 2.75) is 25.4 Å². The standard InChI is InChI=1S/C14H20N8O2/c23-11-2-4-15-7-14(11)3-1-5-21(8-14)13(24)10-6-16-18-12(10)22-9-17-19-20-22/h6,9,11,15,23H,1-5,7-8H2,(H,16,18)/t11-,14-/m0/s1. The van der Waals surface area contributed by atoms with Gasteiger partial charge in [0, 0.05) is 25.0 Å². The molecule has 0 unspecified atom stereocenters. The SMILES string of the molecule is O=C(c1cn[nH]c1-n1cnnn1)N1CCC[C@]2(CNCC[C@@H]2O)C1. The third-order valence-electron chi connectivity index (χ3n) is 5.10. The molecule has 2 aromatic heterocycles. The average Bonchev–Trinajstić information content (AvgIpc) is 3.28.